The lowest BCUT2D eigenvalue weighted by atomic mass is 10.0. The van der Waals surface area contributed by atoms with E-state index in [4.69, 9.17) is 4.74 Å². The Morgan fingerprint density at radius 2 is 1.45 bits per heavy atom. The topological polar surface area (TPSA) is 102 Å². The number of nitrogens with zero attached hydrogens (tertiary/aromatic N) is 4. The van der Waals surface area contributed by atoms with E-state index in [2.05, 4.69) is 9.80 Å². The lowest BCUT2D eigenvalue weighted by Crippen LogP contribution is -2.49. The van der Waals surface area contributed by atoms with Gasteiger partial charge < -0.3 is 9.64 Å². The number of hydrogen-bond donors (Lipinski definition) is 0. The van der Waals surface area contributed by atoms with Gasteiger partial charge in [0.15, 0.2) is 0 Å². The number of rotatable bonds is 4. The van der Waals surface area contributed by atoms with Crippen molar-refractivity contribution in [2.45, 2.75) is 18.9 Å². The molecule has 0 atom stereocenters. The molecule has 2 aromatic rings. The third-order valence-electron chi connectivity index (χ3n) is 5.45. The van der Waals surface area contributed by atoms with Crippen LogP contribution in [-0.4, -0.2) is 60.2 Å². The van der Waals surface area contributed by atoms with Gasteiger partial charge in [0, 0.05) is 56.1 Å². The molecule has 2 saturated heterocycles. The van der Waals surface area contributed by atoms with Crippen LogP contribution >= 0.6 is 0 Å². The van der Waals surface area contributed by atoms with Gasteiger partial charge in [-0.25, -0.2) is 4.39 Å². The first-order valence-electron chi connectivity index (χ1n) is 10.1. The molecule has 0 amide bonds. The van der Waals surface area contributed by atoms with Crippen molar-refractivity contribution in [3.63, 3.8) is 0 Å². The summed E-state index contributed by atoms with van der Waals surface area (Å²) < 4.78 is 17.6. The number of morpholine rings is 1. The minimum Gasteiger partial charge on any atom is -0.379 e. The molecule has 10 heteroatoms. The molecule has 0 bridgehead atoms. The lowest BCUT2D eigenvalue weighted by Gasteiger charge is -2.40. The number of nitro benzene ring substituents is 2. The van der Waals surface area contributed by atoms with Crippen LogP contribution in [0.15, 0.2) is 48.5 Å². The third-order valence-corrected chi connectivity index (χ3v) is 5.45. The van der Waals surface area contributed by atoms with Gasteiger partial charge in [-0.3, -0.25) is 25.1 Å². The first kappa shape index (κ1) is 22.6. The van der Waals surface area contributed by atoms with Crippen molar-refractivity contribution in [2.24, 2.45) is 0 Å². The van der Waals surface area contributed by atoms with E-state index in [-0.39, 0.29) is 16.3 Å². The quantitative estimate of drug-likeness (QED) is 0.537. The summed E-state index contributed by atoms with van der Waals surface area (Å²) in [6, 6.07) is 12.1. The summed E-state index contributed by atoms with van der Waals surface area (Å²) in [5.41, 5.74) is 0.910. The summed E-state index contributed by atoms with van der Waals surface area (Å²) in [6.07, 6.45) is 2.23. The molecule has 4 rings (SSSR count). The van der Waals surface area contributed by atoms with Gasteiger partial charge in [0.2, 0.25) is 0 Å². The second kappa shape index (κ2) is 10.8. The molecule has 9 nitrogen and oxygen atoms in total. The first-order valence-corrected chi connectivity index (χ1v) is 10.1. The van der Waals surface area contributed by atoms with Crippen molar-refractivity contribution in [3.8, 4) is 0 Å². The van der Waals surface area contributed by atoms with E-state index in [0.29, 0.717) is 6.04 Å². The Bertz CT molecular complexity index is 899. The van der Waals surface area contributed by atoms with E-state index in [9.17, 15) is 24.6 Å². The standard InChI is InChI=1S/C15H21N3O3.C6H4FNO2/c19-18(20)15-3-1-2-14(12-15)16-6-4-13(5-7-16)17-8-10-21-11-9-17;7-5-2-1-3-6(4-5)8(9)10/h1-3,12-13H,4-11H2;1-4H. The van der Waals surface area contributed by atoms with Crippen LogP contribution in [0.5, 0.6) is 0 Å². The van der Waals surface area contributed by atoms with Crippen LogP contribution in [0.2, 0.25) is 0 Å². The SMILES string of the molecule is O=[N+]([O-])c1cccc(F)c1.O=[N+]([O-])c1cccc(N2CCC(N3CCOCC3)CC2)c1. The molecule has 0 unspecified atom stereocenters. The Balaban J connectivity index is 0.000000229. The fourth-order valence-electron chi connectivity index (χ4n) is 3.82. The Morgan fingerprint density at radius 1 is 0.871 bits per heavy atom. The molecule has 31 heavy (non-hydrogen) atoms. The molecule has 2 aromatic carbocycles. The van der Waals surface area contributed by atoms with Gasteiger partial charge >= 0.3 is 0 Å². The van der Waals surface area contributed by atoms with E-state index in [1.165, 1.54) is 12.1 Å². The number of benzene rings is 2. The zero-order chi connectivity index (χ0) is 22.2. The molecule has 2 aliphatic rings. The second-order valence-electron chi connectivity index (χ2n) is 7.38. The molecule has 2 fully saturated rings. The van der Waals surface area contributed by atoms with E-state index in [1.807, 2.05) is 6.07 Å². The summed E-state index contributed by atoms with van der Waals surface area (Å²) in [6.45, 7) is 5.66. The Kier molecular flexibility index (Phi) is 7.85. The van der Waals surface area contributed by atoms with Crippen LogP contribution in [0.1, 0.15) is 12.8 Å². The van der Waals surface area contributed by atoms with E-state index >= 15 is 0 Å². The number of nitro groups is 2. The number of anilines is 1. The van der Waals surface area contributed by atoms with Crippen molar-refractivity contribution in [1.82, 2.24) is 4.90 Å². The van der Waals surface area contributed by atoms with Gasteiger partial charge in [0.25, 0.3) is 11.4 Å². The highest BCUT2D eigenvalue weighted by molar-refractivity contribution is 5.53. The summed E-state index contributed by atoms with van der Waals surface area (Å²) in [5, 5.41) is 20.9. The Hall–Kier alpha value is -3.11. The molecule has 0 aromatic heterocycles. The van der Waals surface area contributed by atoms with Crippen molar-refractivity contribution in [1.29, 1.82) is 0 Å². The van der Waals surface area contributed by atoms with Crippen LogP contribution in [-0.2, 0) is 4.74 Å². The van der Waals surface area contributed by atoms with Crippen LogP contribution in [0, 0.1) is 26.0 Å². The number of ether oxygens (including phenoxy) is 1. The minimum absolute atomic E-state index is 0.169. The molecule has 0 spiro atoms. The number of piperidine rings is 1. The normalized spacial score (nSPS) is 17.5. The molecule has 2 heterocycles. The van der Waals surface area contributed by atoms with Gasteiger partial charge in [-0.05, 0) is 25.0 Å². The molecule has 0 radical (unpaired) electrons. The number of halogens is 1. The van der Waals surface area contributed by atoms with E-state index in [1.54, 1.807) is 18.2 Å². The monoisotopic (exact) mass is 432 g/mol. The average molecular weight is 432 g/mol. The average Bonchev–Trinajstić information content (AvgIpc) is 2.80. The predicted molar refractivity (Wildman–Crippen MR) is 114 cm³/mol. The van der Waals surface area contributed by atoms with Crippen molar-refractivity contribution in [3.05, 3.63) is 74.6 Å². The van der Waals surface area contributed by atoms with Crippen LogP contribution in [0.25, 0.3) is 0 Å². The predicted octanol–water partition coefficient (Wildman–Crippen LogP) is 3.63. The van der Waals surface area contributed by atoms with Crippen LogP contribution < -0.4 is 4.90 Å². The summed E-state index contributed by atoms with van der Waals surface area (Å²) >= 11 is 0. The maximum absolute atomic E-state index is 12.2. The molecule has 0 N–H and O–H groups in total. The molecule has 166 valence electrons. The highest BCUT2D eigenvalue weighted by Gasteiger charge is 2.26. The number of non-ortho nitro benzene ring substituents is 2. The molecule has 2 aliphatic heterocycles. The van der Waals surface area contributed by atoms with Crippen molar-refractivity contribution < 1.29 is 19.0 Å². The van der Waals surface area contributed by atoms with Gasteiger partial charge in [0.05, 0.1) is 29.1 Å². The first-order chi connectivity index (χ1) is 14.9. The summed E-state index contributed by atoms with van der Waals surface area (Å²) in [7, 11) is 0. The zero-order valence-corrected chi connectivity index (χ0v) is 17.1. The smallest absolute Gasteiger partial charge is 0.272 e. The van der Waals surface area contributed by atoms with Crippen LogP contribution in [0.4, 0.5) is 21.5 Å². The molecule has 0 saturated carbocycles. The highest BCUT2D eigenvalue weighted by atomic mass is 19.1. The number of hydrogen-bond acceptors (Lipinski definition) is 7. The molecular weight excluding hydrogens is 407 g/mol. The van der Waals surface area contributed by atoms with Gasteiger partial charge in [0.1, 0.15) is 5.82 Å². The zero-order valence-electron chi connectivity index (χ0n) is 17.1. The summed E-state index contributed by atoms with van der Waals surface area (Å²) in [5.74, 6) is -0.589. The molecular formula is C21H25FN4O5. The fourth-order valence-corrected chi connectivity index (χ4v) is 3.82. The second-order valence-corrected chi connectivity index (χ2v) is 7.38. The minimum atomic E-state index is -0.636. The lowest BCUT2D eigenvalue weighted by molar-refractivity contribution is -0.385. The van der Waals surface area contributed by atoms with Gasteiger partial charge in [-0.2, -0.15) is 0 Å². The van der Waals surface area contributed by atoms with Gasteiger partial charge in [-0.1, -0.05) is 12.1 Å². The Morgan fingerprint density at radius 3 is 2.00 bits per heavy atom. The van der Waals surface area contributed by atoms with Crippen LogP contribution in [0.3, 0.4) is 0 Å². The molecule has 0 aliphatic carbocycles. The van der Waals surface area contributed by atoms with Crippen molar-refractivity contribution >= 4 is 17.1 Å². The van der Waals surface area contributed by atoms with Gasteiger partial charge in [-0.15, -0.1) is 0 Å². The summed E-state index contributed by atoms with van der Waals surface area (Å²) in [4.78, 5) is 24.7. The van der Waals surface area contributed by atoms with E-state index < -0.39 is 10.7 Å². The maximum atomic E-state index is 12.2. The van der Waals surface area contributed by atoms with Crippen molar-refractivity contribution in [2.75, 3.05) is 44.3 Å². The fraction of sp³-hybridized carbons (Fsp3) is 0.429. The largest absolute Gasteiger partial charge is 0.379 e. The highest BCUT2D eigenvalue weighted by Crippen LogP contribution is 2.26. The van der Waals surface area contributed by atoms with E-state index in [0.717, 1.165) is 70.1 Å². The Labute approximate surface area is 179 Å². The third kappa shape index (κ3) is 6.43. The maximum Gasteiger partial charge on any atom is 0.272 e.